The highest BCUT2D eigenvalue weighted by Crippen LogP contribution is 2.24. The van der Waals surface area contributed by atoms with Gasteiger partial charge in [-0.3, -0.25) is 9.78 Å². The molecule has 2 heterocycles. The van der Waals surface area contributed by atoms with E-state index in [1.807, 2.05) is 48.5 Å². The number of aromatic nitrogens is 2. The zero-order valence-electron chi connectivity index (χ0n) is 19.1. The number of rotatable bonds is 10. The Morgan fingerprint density at radius 3 is 2.25 bits per heavy atom. The van der Waals surface area contributed by atoms with Crippen LogP contribution in [0.2, 0.25) is 5.02 Å². The second-order valence-electron chi connectivity index (χ2n) is 7.93. The molecule has 36 heavy (non-hydrogen) atoms. The monoisotopic (exact) mass is 522 g/mol. The topological polar surface area (TPSA) is 112 Å². The summed E-state index contributed by atoms with van der Waals surface area (Å²) in [6.07, 6.45) is 2.82. The molecule has 0 bridgehead atoms. The molecule has 2 N–H and O–H groups in total. The first-order chi connectivity index (χ1) is 17.3. The lowest BCUT2D eigenvalue weighted by Gasteiger charge is -2.22. The first kappa shape index (κ1) is 25.3. The number of aliphatic carboxylic acids is 1. The number of anilines is 1. The summed E-state index contributed by atoms with van der Waals surface area (Å²) in [4.78, 5) is 19.3. The second-order valence-corrected chi connectivity index (χ2v) is 10.3. The lowest BCUT2D eigenvalue weighted by atomic mass is 10.0. The maximum absolute atomic E-state index is 13.5. The highest BCUT2D eigenvalue weighted by Gasteiger charge is 2.26. The lowest BCUT2D eigenvalue weighted by Crippen LogP contribution is -2.30. The van der Waals surface area contributed by atoms with E-state index in [4.69, 9.17) is 16.7 Å². The Morgan fingerprint density at radius 1 is 0.917 bits per heavy atom. The molecular formula is C26H23ClN4O4S. The molecule has 0 fully saturated rings. The largest absolute Gasteiger partial charge is 0.480 e. The Hall–Kier alpha value is -3.79. The van der Waals surface area contributed by atoms with Gasteiger partial charge < -0.3 is 10.4 Å². The first-order valence-corrected chi connectivity index (χ1v) is 12.8. The minimum absolute atomic E-state index is 0.0151. The van der Waals surface area contributed by atoms with Crippen molar-refractivity contribution in [2.45, 2.75) is 18.0 Å². The van der Waals surface area contributed by atoms with E-state index in [9.17, 15) is 13.2 Å². The molecule has 0 aliphatic rings. The van der Waals surface area contributed by atoms with Crippen LogP contribution in [0.15, 0.2) is 96.2 Å². The molecule has 184 valence electrons. The van der Waals surface area contributed by atoms with E-state index in [2.05, 4.69) is 15.3 Å². The molecule has 10 heteroatoms. The molecule has 0 aliphatic heterocycles. The van der Waals surface area contributed by atoms with Crippen molar-refractivity contribution in [3.05, 3.63) is 108 Å². The van der Waals surface area contributed by atoms with Crippen LogP contribution in [-0.2, 0) is 27.9 Å². The van der Waals surface area contributed by atoms with Crippen molar-refractivity contribution in [2.24, 2.45) is 0 Å². The van der Waals surface area contributed by atoms with E-state index >= 15 is 0 Å². The van der Waals surface area contributed by atoms with Gasteiger partial charge in [0.15, 0.2) is 0 Å². The van der Waals surface area contributed by atoms with Crippen molar-refractivity contribution in [3.8, 4) is 11.1 Å². The highest BCUT2D eigenvalue weighted by molar-refractivity contribution is 7.89. The fourth-order valence-corrected chi connectivity index (χ4v) is 5.03. The average Bonchev–Trinajstić information content (AvgIpc) is 2.89. The molecule has 0 amide bonds. The van der Waals surface area contributed by atoms with Crippen molar-refractivity contribution < 1.29 is 18.3 Å². The van der Waals surface area contributed by atoms with Gasteiger partial charge in [0.2, 0.25) is 10.0 Å². The van der Waals surface area contributed by atoms with E-state index in [0.29, 0.717) is 16.5 Å². The van der Waals surface area contributed by atoms with Gasteiger partial charge >= 0.3 is 5.97 Å². The Labute approximate surface area is 214 Å². The lowest BCUT2D eigenvalue weighted by molar-refractivity contribution is -0.134. The summed E-state index contributed by atoms with van der Waals surface area (Å²) >= 11 is 5.98. The number of carboxylic acids is 1. The zero-order valence-corrected chi connectivity index (χ0v) is 20.7. The van der Waals surface area contributed by atoms with Crippen LogP contribution in [0.5, 0.6) is 0 Å². The van der Waals surface area contributed by atoms with E-state index in [0.717, 1.165) is 16.7 Å². The number of sulfonamides is 1. The summed E-state index contributed by atoms with van der Waals surface area (Å²) in [6, 6.07) is 23.2. The summed E-state index contributed by atoms with van der Waals surface area (Å²) in [5.41, 5.74) is 3.24. The van der Waals surface area contributed by atoms with Gasteiger partial charge in [-0.1, -0.05) is 54.1 Å². The molecule has 2 aromatic heterocycles. The van der Waals surface area contributed by atoms with Crippen molar-refractivity contribution in [1.29, 1.82) is 0 Å². The Morgan fingerprint density at radius 2 is 1.61 bits per heavy atom. The maximum atomic E-state index is 13.5. The molecule has 0 spiro atoms. The van der Waals surface area contributed by atoms with Crippen molar-refractivity contribution in [3.63, 3.8) is 0 Å². The van der Waals surface area contributed by atoms with Crippen LogP contribution in [0, 0.1) is 0 Å². The van der Waals surface area contributed by atoms with Gasteiger partial charge in [0.05, 0.1) is 12.2 Å². The summed E-state index contributed by atoms with van der Waals surface area (Å²) in [7, 11) is -3.90. The summed E-state index contributed by atoms with van der Waals surface area (Å²) in [5.74, 6) is -0.675. The van der Waals surface area contributed by atoms with Gasteiger partial charge in [0.25, 0.3) is 0 Å². The number of nitrogens with one attached hydrogen (secondary N) is 1. The van der Waals surface area contributed by atoms with Crippen LogP contribution >= 0.6 is 11.6 Å². The molecule has 0 saturated heterocycles. The highest BCUT2D eigenvalue weighted by atomic mass is 35.5. The summed E-state index contributed by atoms with van der Waals surface area (Å²) in [5, 5.41) is 12.3. The van der Waals surface area contributed by atoms with Gasteiger partial charge in [0, 0.05) is 24.0 Å². The fourth-order valence-electron chi connectivity index (χ4n) is 3.54. The van der Waals surface area contributed by atoms with Crippen LogP contribution in [0.3, 0.4) is 0 Å². The number of halogens is 1. The Balaban J connectivity index is 1.61. The van der Waals surface area contributed by atoms with Crippen molar-refractivity contribution in [1.82, 2.24) is 14.3 Å². The second kappa shape index (κ2) is 11.3. The number of benzene rings is 2. The molecule has 0 aliphatic carbocycles. The quantitative estimate of drug-likeness (QED) is 0.311. The number of hydrogen-bond acceptors (Lipinski definition) is 6. The minimum Gasteiger partial charge on any atom is -0.480 e. The smallest absolute Gasteiger partial charge is 0.322 e. The van der Waals surface area contributed by atoms with Crippen molar-refractivity contribution in [2.75, 3.05) is 11.9 Å². The van der Waals surface area contributed by atoms with Crippen molar-refractivity contribution >= 4 is 33.4 Å². The predicted molar refractivity (Wildman–Crippen MR) is 138 cm³/mol. The third kappa shape index (κ3) is 6.45. The summed E-state index contributed by atoms with van der Waals surface area (Å²) < 4.78 is 28.4. The predicted octanol–water partition coefficient (Wildman–Crippen LogP) is 4.68. The Kier molecular flexibility index (Phi) is 7.94. The number of hydrogen-bond donors (Lipinski definition) is 2. The van der Waals surface area contributed by atoms with Gasteiger partial charge in [-0.2, -0.15) is 4.31 Å². The molecular weight excluding hydrogens is 500 g/mol. The summed E-state index contributed by atoms with van der Waals surface area (Å²) in [6.45, 7) is -0.209. The third-order valence-electron chi connectivity index (χ3n) is 5.33. The first-order valence-electron chi connectivity index (χ1n) is 11.0. The van der Waals surface area contributed by atoms with E-state index < -0.39 is 16.0 Å². The zero-order chi connectivity index (χ0) is 25.5. The number of pyridine rings is 2. The molecule has 4 rings (SSSR count). The molecule has 0 saturated carbocycles. The van der Waals surface area contributed by atoms with E-state index in [1.54, 1.807) is 24.3 Å². The standard InChI is InChI=1S/C26H23ClN4O4S/c27-22-12-10-21(11-13-22)20-8-6-19(7-9-20)17-31(36(34,35)24-4-2-14-28-15-24)18-23-3-1-5-25(30-23)29-16-26(32)33/h1-15H,16-18H2,(H,29,30)(H,32,33). The normalized spacial score (nSPS) is 11.4. The number of carboxylic acid groups (broad SMARTS) is 1. The van der Waals surface area contributed by atoms with Crippen LogP contribution < -0.4 is 5.32 Å². The van der Waals surface area contributed by atoms with Crippen LogP contribution in [0.1, 0.15) is 11.3 Å². The van der Waals surface area contributed by atoms with Gasteiger partial charge in [0.1, 0.15) is 17.3 Å². The van der Waals surface area contributed by atoms with E-state index in [1.165, 1.54) is 22.8 Å². The van der Waals surface area contributed by atoms with Crippen LogP contribution in [-0.4, -0.2) is 40.3 Å². The number of nitrogens with zero attached hydrogens (tertiary/aromatic N) is 3. The van der Waals surface area contributed by atoms with E-state index in [-0.39, 0.29) is 24.5 Å². The molecule has 8 nitrogen and oxygen atoms in total. The number of carbonyl (C=O) groups is 1. The van der Waals surface area contributed by atoms with Crippen LogP contribution in [0.4, 0.5) is 5.82 Å². The van der Waals surface area contributed by atoms with Crippen LogP contribution in [0.25, 0.3) is 11.1 Å². The molecule has 0 radical (unpaired) electrons. The maximum Gasteiger partial charge on any atom is 0.322 e. The minimum atomic E-state index is -3.90. The average molecular weight is 523 g/mol. The molecule has 4 aromatic rings. The Bertz CT molecular complexity index is 1430. The van der Waals surface area contributed by atoms with Gasteiger partial charge in [-0.05, 0) is 53.1 Å². The molecule has 0 unspecified atom stereocenters. The SMILES string of the molecule is O=C(O)CNc1cccc(CN(Cc2ccc(-c3ccc(Cl)cc3)cc2)S(=O)(=O)c2cccnc2)n1. The molecule has 2 aromatic carbocycles. The molecule has 0 atom stereocenters. The third-order valence-corrected chi connectivity index (χ3v) is 7.36. The van der Waals surface area contributed by atoms with Gasteiger partial charge in [-0.15, -0.1) is 0 Å². The van der Waals surface area contributed by atoms with Gasteiger partial charge in [-0.25, -0.2) is 13.4 Å². The fraction of sp³-hybridized carbons (Fsp3) is 0.115.